The molecule has 0 unspecified atom stereocenters. The van der Waals surface area contributed by atoms with Gasteiger partial charge in [0.2, 0.25) is 16.0 Å². The van der Waals surface area contributed by atoms with Crippen LogP contribution in [0.5, 0.6) is 0 Å². The summed E-state index contributed by atoms with van der Waals surface area (Å²) in [6, 6.07) is 10.7. The average Bonchev–Trinajstić information content (AvgIpc) is 2.79. The van der Waals surface area contributed by atoms with Gasteiger partial charge in [-0.05, 0) is 11.6 Å². The third-order valence-electron chi connectivity index (χ3n) is 4.71. The third kappa shape index (κ3) is 7.00. The van der Waals surface area contributed by atoms with Crippen LogP contribution in [0.25, 0.3) is 0 Å². The van der Waals surface area contributed by atoms with Gasteiger partial charge < -0.3 is 15.0 Å². The maximum atomic E-state index is 12.6. The molecule has 1 aromatic carbocycles. The molecular formula is C20H25N5O5S. The van der Waals surface area contributed by atoms with Crippen molar-refractivity contribution in [1.82, 2.24) is 19.2 Å². The maximum absolute atomic E-state index is 12.6. The lowest BCUT2D eigenvalue weighted by atomic mass is 10.2. The zero-order valence-corrected chi connectivity index (χ0v) is 17.8. The van der Waals surface area contributed by atoms with E-state index in [1.54, 1.807) is 42.7 Å². The molecule has 1 aliphatic heterocycles. The van der Waals surface area contributed by atoms with Crippen LogP contribution in [0, 0.1) is 0 Å². The van der Waals surface area contributed by atoms with Crippen molar-refractivity contribution in [2.24, 2.45) is 0 Å². The number of ether oxygens (including phenoxy) is 1. The van der Waals surface area contributed by atoms with Gasteiger partial charge in [0.25, 0.3) is 5.91 Å². The van der Waals surface area contributed by atoms with E-state index in [1.807, 2.05) is 6.07 Å². The number of carbonyl (C=O) groups is 2. The molecule has 1 saturated heterocycles. The zero-order valence-electron chi connectivity index (χ0n) is 17.0. The first kappa shape index (κ1) is 22.6. The lowest BCUT2D eigenvalue weighted by Crippen LogP contribution is -2.51. The highest BCUT2D eigenvalue weighted by Gasteiger charge is 2.29. The molecular weight excluding hydrogens is 422 g/mol. The van der Waals surface area contributed by atoms with Crippen molar-refractivity contribution < 1.29 is 22.7 Å². The van der Waals surface area contributed by atoms with Crippen molar-refractivity contribution in [3.63, 3.8) is 0 Å². The highest BCUT2D eigenvalue weighted by atomic mass is 32.2. The molecule has 0 bridgehead atoms. The predicted octanol–water partition coefficient (Wildman–Crippen LogP) is 0.496. The molecule has 31 heavy (non-hydrogen) atoms. The second kappa shape index (κ2) is 10.8. The Bertz CT molecular complexity index is 964. The number of nitrogens with zero attached hydrogens (tertiary/aromatic N) is 4. The van der Waals surface area contributed by atoms with Crippen molar-refractivity contribution in [3.05, 3.63) is 54.4 Å². The Morgan fingerprint density at radius 1 is 1.00 bits per heavy atom. The van der Waals surface area contributed by atoms with Crippen LogP contribution >= 0.6 is 0 Å². The Morgan fingerprint density at radius 2 is 1.68 bits per heavy atom. The second-order valence-electron chi connectivity index (χ2n) is 6.93. The minimum Gasteiger partial charge on any atom is -0.456 e. The van der Waals surface area contributed by atoms with E-state index in [0.717, 1.165) is 5.56 Å². The van der Waals surface area contributed by atoms with Gasteiger partial charge in [0.15, 0.2) is 6.61 Å². The fraction of sp³-hybridized carbons (Fsp3) is 0.400. The van der Waals surface area contributed by atoms with Gasteiger partial charge in [-0.1, -0.05) is 30.3 Å². The van der Waals surface area contributed by atoms with Crippen LogP contribution in [0.4, 0.5) is 5.95 Å². The monoisotopic (exact) mass is 447 g/mol. The molecule has 166 valence electrons. The third-order valence-corrected chi connectivity index (χ3v) is 6.56. The molecule has 11 heteroatoms. The summed E-state index contributed by atoms with van der Waals surface area (Å²) in [7, 11) is -3.45. The van der Waals surface area contributed by atoms with E-state index in [4.69, 9.17) is 4.74 Å². The van der Waals surface area contributed by atoms with Crippen LogP contribution in [0.15, 0.2) is 48.8 Å². The number of aromatic nitrogens is 2. The quantitative estimate of drug-likeness (QED) is 0.552. The van der Waals surface area contributed by atoms with Crippen molar-refractivity contribution in [1.29, 1.82) is 0 Å². The van der Waals surface area contributed by atoms with E-state index in [0.29, 0.717) is 5.95 Å². The van der Waals surface area contributed by atoms with Crippen molar-refractivity contribution >= 4 is 27.8 Å². The second-order valence-corrected chi connectivity index (χ2v) is 8.90. The molecule has 0 radical (unpaired) electrons. The molecule has 0 aliphatic carbocycles. The van der Waals surface area contributed by atoms with Crippen LogP contribution in [0.2, 0.25) is 0 Å². The van der Waals surface area contributed by atoms with Gasteiger partial charge in [-0.3, -0.25) is 9.59 Å². The minimum absolute atomic E-state index is 0.0665. The van der Waals surface area contributed by atoms with Crippen molar-refractivity contribution in [2.75, 3.05) is 44.6 Å². The first-order valence-corrected chi connectivity index (χ1v) is 11.5. The first-order valence-electron chi connectivity index (χ1n) is 9.90. The molecule has 0 spiro atoms. The van der Waals surface area contributed by atoms with Gasteiger partial charge in [0.1, 0.15) is 0 Å². The van der Waals surface area contributed by atoms with E-state index in [2.05, 4.69) is 15.3 Å². The summed E-state index contributed by atoms with van der Waals surface area (Å²) < 4.78 is 31.6. The summed E-state index contributed by atoms with van der Waals surface area (Å²) in [5, 5.41) is 2.88. The Kier molecular flexibility index (Phi) is 7.90. The molecule has 2 heterocycles. The Morgan fingerprint density at radius 3 is 2.35 bits per heavy atom. The highest BCUT2D eigenvalue weighted by molar-refractivity contribution is 7.88. The van der Waals surface area contributed by atoms with Crippen LogP contribution < -0.4 is 5.32 Å². The fourth-order valence-electron chi connectivity index (χ4n) is 3.06. The number of carbonyl (C=O) groups excluding carboxylic acids is 2. The van der Waals surface area contributed by atoms with E-state index in [-0.39, 0.29) is 57.4 Å². The topological polar surface area (TPSA) is 122 Å². The highest BCUT2D eigenvalue weighted by Crippen LogP contribution is 2.13. The van der Waals surface area contributed by atoms with Gasteiger partial charge in [-0.2, -0.15) is 4.31 Å². The SMILES string of the molecule is O=C(CCNc1ncccn1)OCC(=O)N1CCN(S(=O)(=O)Cc2ccccc2)CC1. The minimum atomic E-state index is -3.45. The Hall–Kier alpha value is -3.05. The van der Waals surface area contributed by atoms with Gasteiger partial charge in [-0.15, -0.1) is 0 Å². The maximum Gasteiger partial charge on any atom is 0.308 e. The van der Waals surface area contributed by atoms with E-state index >= 15 is 0 Å². The molecule has 1 amide bonds. The van der Waals surface area contributed by atoms with Crippen LogP contribution in [0.3, 0.4) is 0 Å². The smallest absolute Gasteiger partial charge is 0.308 e. The number of hydrogen-bond acceptors (Lipinski definition) is 8. The van der Waals surface area contributed by atoms with Crippen LogP contribution in [0.1, 0.15) is 12.0 Å². The molecule has 0 atom stereocenters. The molecule has 0 saturated carbocycles. The van der Waals surface area contributed by atoms with Crippen LogP contribution in [-0.4, -0.2) is 78.8 Å². The number of anilines is 1. The van der Waals surface area contributed by atoms with Gasteiger partial charge in [0.05, 0.1) is 12.2 Å². The summed E-state index contributed by atoms with van der Waals surface area (Å²) in [5.41, 5.74) is 0.723. The number of amides is 1. The number of benzene rings is 1. The first-order chi connectivity index (χ1) is 14.9. The summed E-state index contributed by atoms with van der Waals surface area (Å²) in [4.78, 5) is 33.6. The molecule has 10 nitrogen and oxygen atoms in total. The number of rotatable bonds is 9. The Balaban J connectivity index is 1.36. The van der Waals surface area contributed by atoms with Gasteiger partial charge in [0, 0.05) is 45.1 Å². The summed E-state index contributed by atoms with van der Waals surface area (Å²) in [5.74, 6) is -0.512. The van der Waals surface area contributed by atoms with Crippen LogP contribution in [-0.2, 0) is 30.1 Å². The molecule has 2 aromatic rings. The number of hydrogen-bond donors (Lipinski definition) is 1. The Labute approximate surface area is 181 Å². The predicted molar refractivity (Wildman–Crippen MR) is 113 cm³/mol. The standard InChI is InChI=1S/C20H25N5O5S/c26-18(15-30-19(27)7-10-23-20-21-8-4-9-22-20)24-11-13-25(14-12-24)31(28,29)16-17-5-2-1-3-6-17/h1-6,8-9H,7,10-16H2,(H,21,22,23). The molecule has 1 fully saturated rings. The molecule has 1 aromatic heterocycles. The van der Waals surface area contributed by atoms with Gasteiger partial charge >= 0.3 is 5.97 Å². The fourth-order valence-corrected chi connectivity index (χ4v) is 4.58. The molecule has 3 rings (SSSR count). The molecule has 1 N–H and O–H groups in total. The number of sulfonamides is 1. The lowest BCUT2D eigenvalue weighted by Gasteiger charge is -2.33. The normalized spacial score (nSPS) is 14.8. The largest absolute Gasteiger partial charge is 0.456 e. The van der Waals surface area contributed by atoms with Crippen molar-refractivity contribution in [2.45, 2.75) is 12.2 Å². The lowest BCUT2D eigenvalue weighted by molar-refractivity contribution is -0.152. The molecule has 1 aliphatic rings. The van der Waals surface area contributed by atoms with Crippen molar-refractivity contribution in [3.8, 4) is 0 Å². The summed E-state index contributed by atoms with van der Waals surface area (Å²) in [6.45, 7) is 0.882. The average molecular weight is 448 g/mol. The summed E-state index contributed by atoms with van der Waals surface area (Å²) in [6.07, 6.45) is 3.23. The number of nitrogens with one attached hydrogen (secondary N) is 1. The van der Waals surface area contributed by atoms with E-state index in [9.17, 15) is 18.0 Å². The van der Waals surface area contributed by atoms with E-state index in [1.165, 1.54) is 9.21 Å². The van der Waals surface area contributed by atoms with Gasteiger partial charge in [-0.25, -0.2) is 18.4 Å². The van der Waals surface area contributed by atoms with E-state index < -0.39 is 16.0 Å². The zero-order chi connectivity index (χ0) is 22.1. The number of esters is 1. The number of piperazine rings is 1. The summed E-state index contributed by atoms with van der Waals surface area (Å²) >= 11 is 0.